The van der Waals surface area contributed by atoms with Crippen molar-refractivity contribution in [2.75, 3.05) is 18.0 Å². The van der Waals surface area contributed by atoms with Crippen LogP contribution in [0.3, 0.4) is 0 Å². The number of carbonyl (C=O) groups is 1. The zero-order valence-corrected chi connectivity index (χ0v) is 14.9. The summed E-state index contributed by atoms with van der Waals surface area (Å²) in [5, 5.41) is 0. The number of para-hydroxylation sites is 2. The van der Waals surface area contributed by atoms with Gasteiger partial charge in [0.1, 0.15) is 0 Å². The number of fused-ring (bicyclic) bond motifs is 2. The summed E-state index contributed by atoms with van der Waals surface area (Å²) in [5.74, 6) is 1.12. The number of hydrogen-bond acceptors (Lipinski definition) is 2. The van der Waals surface area contributed by atoms with Crippen LogP contribution in [0.5, 0.6) is 0 Å². The predicted molar refractivity (Wildman–Crippen MR) is 99.1 cm³/mol. The van der Waals surface area contributed by atoms with E-state index in [0.717, 1.165) is 34.3 Å². The third-order valence-electron chi connectivity index (χ3n) is 4.76. The molecule has 1 fully saturated rings. The summed E-state index contributed by atoms with van der Waals surface area (Å²) in [6.07, 6.45) is 1.20. The zero-order chi connectivity index (χ0) is 16.7. The molecule has 2 aliphatic rings. The van der Waals surface area contributed by atoms with Gasteiger partial charge in [0, 0.05) is 22.9 Å². The van der Waals surface area contributed by atoms with E-state index in [2.05, 4.69) is 26.0 Å². The maximum Gasteiger partial charge on any atom is 0.329 e. The van der Waals surface area contributed by atoms with Crippen LogP contribution in [0.25, 0.3) is 0 Å². The topological polar surface area (TPSA) is 23.6 Å². The number of anilines is 2. The van der Waals surface area contributed by atoms with E-state index in [4.69, 9.17) is 0 Å². The van der Waals surface area contributed by atoms with Crippen molar-refractivity contribution in [2.24, 2.45) is 11.8 Å². The number of amides is 2. The Morgan fingerprint density at radius 1 is 0.917 bits per heavy atom. The summed E-state index contributed by atoms with van der Waals surface area (Å²) in [6.45, 7) is 6.17. The Kier molecular flexibility index (Phi) is 4.01. The van der Waals surface area contributed by atoms with Crippen LogP contribution in [0.4, 0.5) is 16.2 Å². The molecule has 4 rings (SSSR count). The molecule has 1 saturated heterocycles. The van der Waals surface area contributed by atoms with E-state index in [0.29, 0.717) is 11.8 Å². The van der Waals surface area contributed by atoms with Crippen LogP contribution in [0.15, 0.2) is 58.3 Å². The first kappa shape index (κ1) is 15.6. The molecule has 2 aliphatic heterocycles. The van der Waals surface area contributed by atoms with Crippen LogP contribution in [0, 0.1) is 11.8 Å². The van der Waals surface area contributed by atoms with Gasteiger partial charge in [0.25, 0.3) is 0 Å². The Balaban J connectivity index is 1.75. The fourth-order valence-corrected chi connectivity index (χ4v) is 4.93. The summed E-state index contributed by atoms with van der Waals surface area (Å²) < 4.78 is 0. The SMILES string of the molecule is C[C@@H]1C[C@H](C)CN(C(=O)N2c3ccccc3Sc3ccccc32)C1. The van der Waals surface area contributed by atoms with E-state index >= 15 is 0 Å². The van der Waals surface area contributed by atoms with Gasteiger partial charge >= 0.3 is 6.03 Å². The summed E-state index contributed by atoms with van der Waals surface area (Å²) >= 11 is 1.74. The Morgan fingerprint density at radius 2 is 1.42 bits per heavy atom. The summed E-state index contributed by atoms with van der Waals surface area (Å²) in [4.78, 5) is 19.6. The highest BCUT2D eigenvalue weighted by Crippen LogP contribution is 2.48. The van der Waals surface area contributed by atoms with Crippen molar-refractivity contribution in [3.63, 3.8) is 0 Å². The lowest BCUT2D eigenvalue weighted by molar-refractivity contribution is 0.153. The standard InChI is InChI=1S/C20H22N2OS/c1-14-11-15(2)13-21(12-14)20(23)22-16-7-3-5-9-18(16)24-19-10-6-4-8-17(19)22/h3-10,14-15H,11-13H2,1-2H3/t14-,15+. The van der Waals surface area contributed by atoms with Gasteiger partial charge in [0.2, 0.25) is 0 Å². The lowest BCUT2D eigenvalue weighted by Gasteiger charge is -2.40. The Labute approximate surface area is 147 Å². The molecule has 4 heteroatoms. The molecule has 0 aromatic heterocycles. The number of rotatable bonds is 0. The number of hydrogen-bond donors (Lipinski definition) is 0. The van der Waals surface area contributed by atoms with E-state index < -0.39 is 0 Å². The van der Waals surface area contributed by atoms with Crippen molar-refractivity contribution >= 4 is 29.2 Å². The van der Waals surface area contributed by atoms with E-state index in [1.54, 1.807) is 11.8 Å². The maximum atomic E-state index is 13.4. The second-order valence-electron chi connectivity index (χ2n) is 7.01. The van der Waals surface area contributed by atoms with Gasteiger partial charge in [-0.25, -0.2) is 4.79 Å². The van der Waals surface area contributed by atoms with Gasteiger partial charge in [0.05, 0.1) is 11.4 Å². The Morgan fingerprint density at radius 3 is 1.96 bits per heavy atom. The average Bonchev–Trinajstić information content (AvgIpc) is 2.58. The third-order valence-corrected chi connectivity index (χ3v) is 5.89. The fourth-order valence-electron chi connectivity index (χ4n) is 3.87. The molecular formula is C20H22N2OS. The number of likely N-dealkylation sites (tertiary alicyclic amines) is 1. The molecule has 2 amide bonds. The van der Waals surface area contributed by atoms with E-state index in [1.165, 1.54) is 6.42 Å². The third kappa shape index (κ3) is 2.69. The zero-order valence-electron chi connectivity index (χ0n) is 14.1. The fraction of sp³-hybridized carbons (Fsp3) is 0.350. The number of piperidine rings is 1. The quantitative estimate of drug-likeness (QED) is 0.643. The van der Waals surface area contributed by atoms with Crippen molar-refractivity contribution in [3.8, 4) is 0 Å². The maximum absolute atomic E-state index is 13.4. The molecule has 0 aliphatic carbocycles. The predicted octanol–water partition coefficient (Wildman–Crippen LogP) is 5.39. The summed E-state index contributed by atoms with van der Waals surface area (Å²) in [7, 11) is 0. The van der Waals surface area contributed by atoms with Crippen molar-refractivity contribution in [1.29, 1.82) is 0 Å². The molecule has 2 heterocycles. The summed E-state index contributed by atoms with van der Waals surface area (Å²) in [6, 6.07) is 16.5. The van der Waals surface area contributed by atoms with E-state index in [1.807, 2.05) is 46.2 Å². The minimum absolute atomic E-state index is 0.105. The number of carbonyl (C=O) groups excluding carboxylic acids is 1. The van der Waals surface area contributed by atoms with Gasteiger partial charge in [0.15, 0.2) is 0 Å². The van der Waals surface area contributed by atoms with Crippen molar-refractivity contribution in [2.45, 2.75) is 30.1 Å². The van der Waals surface area contributed by atoms with Crippen molar-refractivity contribution < 1.29 is 4.79 Å². The monoisotopic (exact) mass is 338 g/mol. The van der Waals surface area contributed by atoms with Crippen LogP contribution in [0.1, 0.15) is 20.3 Å². The summed E-state index contributed by atoms with van der Waals surface area (Å²) in [5.41, 5.74) is 1.99. The molecule has 0 spiro atoms. The Bertz CT molecular complexity index is 720. The molecule has 3 nitrogen and oxygen atoms in total. The minimum Gasteiger partial charge on any atom is -0.324 e. The molecule has 0 unspecified atom stereocenters. The first-order valence-electron chi connectivity index (χ1n) is 8.58. The van der Waals surface area contributed by atoms with Crippen LogP contribution in [0.2, 0.25) is 0 Å². The highest BCUT2D eigenvalue weighted by molar-refractivity contribution is 7.99. The van der Waals surface area contributed by atoms with Crippen LogP contribution in [-0.2, 0) is 0 Å². The largest absolute Gasteiger partial charge is 0.329 e. The lowest BCUT2D eigenvalue weighted by Crippen LogP contribution is -2.48. The van der Waals surface area contributed by atoms with Gasteiger partial charge in [-0.05, 0) is 42.5 Å². The molecule has 2 aromatic carbocycles. The van der Waals surface area contributed by atoms with Crippen molar-refractivity contribution in [1.82, 2.24) is 4.90 Å². The molecule has 0 radical (unpaired) electrons. The minimum atomic E-state index is 0.105. The molecule has 124 valence electrons. The molecular weight excluding hydrogens is 316 g/mol. The van der Waals surface area contributed by atoms with Crippen LogP contribution in [-0.4, -0.2) is 24.0 Å². The van der Waals surface area contributed by atoms with Crippen molar-refractivity contribution in [3.05, 3.63) is 48.5 Å². The highest BCUT2D eigenvalue weighted by Gasteiger charge is 2.33. The lowest BCUT2D eigenvalue weighted by atomic mass is 9.92. The number of nitrogens with zero attached hydrogens (tertiary/aromatic N) is 2. The van der Waals surface area contributed by atoms with Gasteiger partial charge in [-0.15, -0.1) is 0 Å². The first-order valence-corrected chi connectivity index (χ1v) is 9.40. The highest BCUT2D eigenvalue weighted by atomic mass is 32.2. The van der Waals surface area contributed by atoms with Gasteiger partial charge < -0.3 is 4.90 Å². The van der Waals surface area contributed by atoms with Gasteiger partial charge in [-0.3, -0.25) is 4.90 Å². The molecule has 2 atom stereocenters. The molecule has 0 N–H and O–H groups in total. The molecule has 24 heavy (non-hydrogen) atoms. The molecule has 0 bridgehead atoms. The second kappa shape index (κ2) is 6.17. The Hall–Kier alpha value is -1.94. The first-order chi connectivity index (χ1) is 11.6. The van der Waals surface area contributed by atoms with Gasteiger partial charge in [-0.2, -0.15) is 0 Å². The van der Waals surface area contributed by atoms with Gasteiger partial charge in [-0.1, -0.05) is 49.9 Å². The van der Waals surface area contributed by atoms with Crippen LogP contribution < -0.4 is 4.90 Å². The second-order valence-corrected chi connectivity index (χ2v) is 8.09. The molecule has 0 saturated carbocycles. The van der Waals surface area contributed by atoms with E-state index in [9.17, 15) is 4.79 Å². The molecule has 2 aromatic rings. The average molecular weight is 338 g/mol. The smallest absolute Gasteiger partial charge is 0.324 e. The number of benzene rings is 2. The van der Waals surface area contributed by atoms with Crippen LogP contribution >= 0.6 is 11.8 Å². The normalized spacial score (nSPS) is 22.8. The van der Waals surface area contributed by atoms with E-state index in [-0.39, 0.29) is 6.03 Å². The number of urea groups is 1.